The van der Waals surface area contributed by atoms with E-state index in [1.807, 2.05) is 30.5 Å². The van der Waals surface area contributed by atoms with Crippen LogP contribution >= 0.6 is 11.8 Å². The molecule has 0 saturated heterocycles. The minimum Gasteiger partial charge on any atom is -0.490 e. The average Bonchev–Trinajstić information content (AvgIpc) is 2.73. The lowest BCUT2D eigenvalue weighted by Crippen LogP contribution is -2.12. The molecule has 0 atom stereocenters. The molecule has 0 spiro atoms. The molecule has 0 bridgehead atoms. The number of aromatic nitrogens is 1. The van der Waals surface area contributed by atoms with E-state index in [0.29, 0.717) is 5.69 Å². The number of amides is 1. The number of carbonyl (C=O) groups is 1. The molecule has 0 radical (unpaired) electrons. The number of hydrogen-bond donors (Lipinski definition) is 1. The van der Waals surface area contributed by atoms with Crippen LogP contribution in [0.15, 0.2) is 71.9 Å². The van der Waals surface area contributed by atoms with E-state index in [2.05, 4.69) is 10.3 Å². The maximum atomic E-state index is 12.4. The van der Waals surface area contributed by atoms with Crippen molar-refractivity contribution in [3.8, 4) is 5.75 Å². The molecule has 0 aliphatic heterocycles. The molecule has 142 valence electrons. The predicted molar refractivity (Wildman–Crippen MR) is 108 cm³/mol. The molecule has 1 N–H and O–H groups in total. The van der Waals surface area contributed by atoms with Crippen molar-refractivity contribution in [3.05, 3.63) is 88.2 Å². The highest BCUT2D eigenvalue weighted by molar-refractivity contribution is 7.98. The van der Waals surface area contributed by atoms with Gasteiger partial charge in [-0.1, -0.05) is 6.07 Å². The molecule has 1 aromatic heterocycles. The average molecular weight is 395 g/mol. The van der Waals surface area contributed by atoms with E-state index in [9.17, 15) is 14.9 Å². The third-order valence-electron chi connectivity index (χ3n) is 3.88. The Morgan fingerprint density at radius 1 is 1.21 bits per heavy atom. The zero-order valence-corrected chi connectivity index (χ0v) is 15.8. The van der Waals surface area contributed by atoms with Gasteiger partial charge < -0.3 is 10.1 Å². The lowest BCUT2D eigenvalue weighted by molar-refractivity contribution is -0.385. The molecule has 1 heterocycles. The van der Waals surface area contributed by atoms with Gasteiger partial charge in [0, 0.05) is 40.4 Å². The first-order valence-electron chi connectivity index (χ1n) is 8.32. The van der Waals surface area contributed by atoms with E-state index in [1.54, 1.807) is 30.1 Å². The van der Waals surface area contributed by atoms with Crippen LogP contribution < -0.4 is 10.1 Å². The summed E-state index contributed by atoms with van der Waals surface area (Å²) in [5.41, 5.74) is 1.67. The number of carbonyl (C=O) groups excluding carboxylic acids is 1. The minimum absolute atomic E-state index is 0.108. The summed E-state index contributed by atoms with van der Waals surface area (Å²) >= 11 is 1.67. The third-order valence-corrected chi connectivity index (χ3v) is 4.96. The number of ether oxygens (including phenoxy) is 1. The van der Waals surface area contributed by atoms with Crippen LogP contribution in [0, 0.1) is 10.1 Å². The Balaban J connectivity index is 1.64. The number of benzene rings is 2. The molecule has 3 aromatic rings. The second kappa shape index (κ2) is 9.01. The van der Waals surface area contributed by atoms with Crippen molar-refractivity contribution in [2.75, 3.05) is 12.4 Å². The van der Waals surface area contributed by atoms with Crippen LogP contribution in [-0.4, -0.2) is 22.9 Å². The Kier molecular flexibility index (Phi) is 6.23. The molecule has 0 aliphatic rings. The van der Waals surface area contributed by atoms with E-state index in [1.165, 1.54) is 25.3 Å². The van der Waals surface area contributed by atoms with E-state index < -0.39 is 10.8 Å². The normalized spacial score (nSPS) is 10.3. The van der Waals surface area contributed by atoms with E-state index in [4.69, 9.17) is 4.74 Å². The highest BCUT2D eigenvalue weighted by Crippen LogP contribution is 2.28. The second-order valence-corrected chi connectivity index (χ2v) is 6.82. The first-order valence-corrected chi connectivity index (χ1v) is 9.31. The molecule has 2 aromatic carbocycles. The lowest BCUT2D eigenvalue weighted by atomic mass is 10.1. The van der Waals surface area contributed by atoms with Gasteiger partial charge in [-0.05, 0) is 48.0 Å². The number of pyridine rings is 1. The summed E-state index contributed by atoms with van der Waals surface area (Å²) in [5.74, 6) is 0.479. The Morgan fingerprint density at radius 3 is 2.64 bits per heavy atom. The summed E-state index contributed by atoms with van der Waals surface area (Å²) in [4.78, 5) is 28.1. The summed E-state index contributed by atoms with van der Waals surface area (Å²) in [6, 6.07) is 15.4. The molecule has 1 amide bonds. The van der Waals surface area contributed by atoms with Crippen molar-refractivity contribution < 1.29 is 14.5 Å². The largest absolute Gasteiger partial charge is 0.490 e. The summed E-state index contributed by atoms with van der Waals surface area (Å²) in [6.07, 6.45) is 3.57. The van der Waals surface area contributed by atoms with Crippen LogP contribution in [0.1, 0.15) is 15.9 Å². The molecular formula is C20H17N3O4S. The Bertz CT molecular complexity index is 979. The molecule has 0 unspecified atom stereocenters. The summed E-state index contributed by atoms with van der Waals surface area (Å²) in [7, 11) is 1.34. The number of nitrogens with zero attached hydrogens (tertiary/aromatic N) is 2. The lowest BCUT2D eigenvalue weighted by Gasteiger charge is -2.08. The molecule has 28 heavy (non-hydrogen) atoms. The fourth-order valence-electron chi connectivity index (χ4n) is 2.46. The van der Waals surface area contributed by atoms with Crippen molar-refractivity contribution in [1.82, 2.24) is 4.98 Å². The Labute approximate surface area is 165 Å². The van der Waals surface area contributed by atoms with Gasteiger partial charge in [0.25, 0.3) is 5.91 Å². The first-order chi connectivity index (χ1) is 13.6. The van der Waals surface area contributed by atoms with Gasteiger partial charge in [0.05, 0.1) is 12.0 Å². The van der Waals surface area contributed by atoms with Crippen LogP contribution in [0.25, 0.3) is 0 Å². The molecule has 7 nitrogen and oxygen atoms in total. The van der Waals surface area contributed by atoms with Crippen LogP contribution in [0.2, 0.25) is 0 Å². The monoisotopic (exact) mass is 395 g/mol. The fourth-order valence-corrected chi connectivity index (χ4v) is 3.29. The molecule has 0 saturated carbocycles. The first kappa shape index (κ1) is 19.4. The van der Waals surface area contributed by atoms with Crippen molar-refractivity contribution in [3.63, 3.8) is 0 Å². The van der Waals surface area contributed by atoms with Crippen LogP contribution in [0.3, 0.4) is 0 Å². The van der Waals surface area contributed by atoms with E-state index in [0.717, 1.165) is 16.2 Å². The molecule has 0 fully saturated rings. The summed E-state index contributed by atoms with van der Waals surface area (Å²) < 4.78 is 4.95. The number of thioether (sulfide) groups is 1. The number of nitrogens with one attached hydrogen (secondary N) is 1. The van der Waals surface area contributed by atoms with Crippen molar-refractivity contribution in [2.24, 2.45) is 0 Å². The number of rotatable bonds is 7. The van der Waals surface area contributed by atoms with Crippen molar-refractivity contribution in [2.45, 2.75) is 10.6 Å². The zero-order chi connectivity index (χ0) is 19.9. The smallest absolute Gasteiger partial charge is 0.311 e. The fraction of sp³-hybridized carbons (Fsp3) is 0.100. The molecular weight excluding hydrogens is 378 g/mol. The molecule has 0 aliphatic carbocycles. The number of nitro benzene ring substituents is 1. The van der Waals surface area contributed by atoms with Crippen LogP contribution in [0.4, 0.5) is 11.4 Å². The summed E-state index contributed by atoms with van der Waals surface area (Å²) in [5, 5.41) is 13.8. The second-order valence-electron chi connectivity index (χ2n) is 5.77. The van der Waals surface area contributed by atoms with Crippen molar-refractivity contribution >= 4 is 29.0 Å². The van der Waals surface area contributed by atoms with E-state index >= 15 is 0 Å². The van der Waals surface area contributed by atoms with Gasteiger partial charge in [0.1, 0.15) is 0 Å². The van der Waals surface area contributed by atoms with Gasteiger partial charge in [-0.15, -0.1) is 11.8 Å². The van der Waals surface area contributed by atoms with Gasteiger partial charge in [-0.25, -0.2) is 0 Å². The van der Waals surface area contributed by atoms with Gasteiger partial charge in [0.2, 0.25) is 0 Å². The highest BCUT2D eigenvalue weighted by Gasteiger charge is 2.18. The number of anilines is 1. The van der Waals surface area contributed by atoms with Crippen LogP contribution in [0.5, 0.6) is 5.75 Å². The maximum Gasteiger partial charge on any atom is 0.311 e. The number of hydrogen-bond acceptors (Lipinski definition) is 6. The van der Waals surface area contributed by atoms with Gasteiger partial charge >= 0.3 is 5.69 Å². The topological polar surface area (TPSA) is 94.4 Å². The number of methoxy groups -OCH3 is 1. The SMILES string of the molecule is COc1ccc(C(=O)Nc2ccc(SCc3cccnc3)cc2)cc1[N+](=O)[O-]. The third kappa shape index (κ3) is 4.86. The zero-order valence-electron chi connectivity index (χ0n) is 15.0. The minimum atomic E-state index is -0.579. The molecule has 8 heteroatoms. The molecule has 3 rings (SSSR count). The predicted octanol–water partition coefficient (Wildman–Crippen LogP) is 4.54. The highest BCUT2D eigenvalue weighted by atomic mass is 32.2. The maximum absolute atomic E-state index is 12.4. The quantitative estimate of drug-likeness (QED) is 0.358. The van der Waals surface area contributed by atoms with Gasteiger partial charge in [-0.2, -0.15) is 0 Å². The Morgan fingerprint density at radius 2 is 2.00 bits per heavy atom. The standard InChI is InChI=1S/C20H17N3O4S/c1-27-19-9-4-15(11-18(19)23(25)26)20(24)22-16-5-7-17(8-6-16)28-13-14-3-2-10-21-12-14/h2-12H,13H2,1H3,(H,22,24). The van der Waals surface area contributed by atoms with E-state index in [-0.39, 0.29) is 17.0 Å². The van der Waals surface area contributed by atoms with Gasteiger partial charge in [-0.3, -0.25) is 19.9 Å². The Hall–Kier alpha value is -3.39. The van der Waals surface area contributed by atoms with Crippen LogP contribution in [-0.2, 0) is 5.75 Å². The number of nitro groups is 1. The summed E-state index contributed by atoms with van der Waals surface area (Å²) in [6.45, 7) is 0. The van der Waals surface area contributed by atoms with Crippen molar-refractivity contribution in [1.29, 1.82) is 0 Å². The van der Waals surface area contributed by atoms with Gasteiger partial charge in [0.15, 0.2) is 5.75 Å².